The van der Waals surface area contributed by atoms with Crippen molar-refractivity contribution in [1.82, 2.24) is 9.78 Å². The van der Waals surface area contributed by atoms with Crippen molar-refractivity contribution >= 4 is 0 Å². The van der Waals surface area contributed by atoms with Gasteiger partial charge in [-0.05, 0) is 37.1 Å². The van der Waals surface area contributed by atoms with Crippen molar-refractivity contribution in [1.29, 1.82) is 0 Å². The van der Waals surface area contributed by atoms with Gasteiger partial charge in [0.1, 0.15) is 5.82 Å². The first-order chi connectivity index (χ1) is 7.50. The van der Waals surface area contributed by atoms with Gasteiger partial charge in [0, 0.05) is 12.7 Å². The molecule has 0 unspecified atom stereocenters. The third-order valence-corrected chi connectivity index (χ3v) is 2.68. The molecule has 1 aromatic carbocycles. The Bertz CT molecular complexity index is 596. The lowest BCUT2D eigenvalue weighted by atomic mass is 10.0. The average Bonchev–Trinajstić information content (AvgIpc) is 2.47. The summed E-state index contributed by atoms with van der Waals surface area (Å²) in [6.45, 7) is 3.51. The number of aromatic nitrogens is 2. The summed E-state index contributed by atoms with van der Waals surface area (Å²) in [6, 6.07) is 4.70. The number of nitrogens with zero attached hydrogens (tertiary/aromatic N) is 1. The van der Waals surface area contributed by atoms with Crippen LogP contribution in [-0.4, -0.2) is 9.78 Å². The zero-order valence-corrected chi connectivity index (χ0v) is 9.47. The second-order valence-electron chi connectivity index (χ2n) is 3.94. The Balaban J connectivity index is 2.68. The first-order valence-electron chi connectivity index (χ1n) is 5.03. The molecule has 1 N–H and O–H groups in total. The summed E-state index contributed by atoms with van der Waals surface area (Å²) in [4.78, 5) is 11.8. The average molecular weight is 220 g/mol. The molecule has 0 amide bonds. The lowest BCUT2D eigenvalue weighted by Crippen LogP contribution is -2.13. The Morgan fingerprint density at radius 1 is 1.31 bits per heavy atom. The van der Waals surface area contributed by atoms with Crippen LogP contribution in [0.4, 0.5) is 4.39 Å². The summed E-state index contributed by atoms with van der Waals surface area (Å²) < 4.78 is 14.5. The predicted octanol–water partition coefficient (Wildman–Crippen LogP) is 2.14. The molecule has 1 aromatic heterocycles. The van der Waals surface area contributed by atoms with Crippen LogP contribution in [0, 0.1) is 19.7 Å². The molecule has 0 saturated carbocycles. The topological polar surface area (TPSA) is 37.8 Å². The molecule has 16 heavy (non-hydrogen) atoms. The van der Waals surface area contributed by atoms with Crippen molar-refractivity contribution in [2.75, 3.05) is 0 Å². The summed E-state index contributed by atoms with van der Waals surface area (Å²) in [6.07, 6.45) is 0. The standard InChI is InChI=1S/C12H13FN2O/c1-7-6-9(4-5-10(7)13)11-8(2)14-15(3)12(11)16/h4-6,14H,1-3H3. The molecular formula is C12H13FN2O. The number of H-pyrrole nitrogens is 1. The molecule has 0 saturated heterocycles. The third-order valence-electron chi connectivity index (χ3n) is 2.68. The first-order valence-corrected chi connectivity index (χ1v) is 5.03. The number of benzene rings is 1. The van der Waals surface area contributed by atoms with Gasteiger partial charge in [-0.2, -0.15) is 0 Å². The molecule has 2 rings (SSSR count). The van der Waals surface area contributed by atoms with Gasteiger partial charge in [-0.25, -0.2) is 4.39 Å². The van der Waals surface area contributed by atoms with E-state index in [2.05, 4.69) is 5.10 Å². The van der Waals surface area contributed by atoms with E-state index in [0.29, 0.717) is 11.1 Å². The smallest absolute Gasteiger partial charge is 0.274 e. The normalized spacial score (nSPS) is 10.8. The van der Waals surface area contributed by atoms with Crippen LogP contribution in [0.5, 0.6) is 0 Å². The molecule has 0 spiro atoms. The van der Waals surface area contributed by atoms with Gasteiger partial charge in [0.25, 0.3) is 5.56 Å². The highest BCUT2D eigenvalue weighted by Gasteiger charge is 2.12. The minimum Gasteiger partial charge on any atom is -0.300 e. The zero-order valence-electron chi connectivity index (χ0n) is 9.47. The highest BCUT2D eigenvalue weighted by atomic mass is 19.1. The molecule has 0 atom stereocenters. The van der Waals surface area contributed by atoms with E-state index < -0.39 is 0 Å². The number of aryl methyl sites for hydroxylation is 3. The quantitative estimate of drug-likeness (QED) is 0.785. The van der Waals surface area contributed by atoms with Crippen molar-refractivity contribution in [3.05, 3.63) is 45.6 Å². The fourth-order valence-electron chi connectivity index (χ4n) is 1.83. The minimum atomic E-state index is -0.256. The SMILES string of the molecule is Cc1cc(-c2c(C)[nH]n(C)c2=O)ccc1F. The maximum Gasteiger partial charge on any atom is 0.274 e. The van der Waals surface area contributed by atoms with Crippen LogP contribution in [0.25, 0.3) is 11.1 Å². The van der Waals surface area contributed by atoms with E-state index in [1.54, 1.807) is 26.1 Å². The molecule has 0 aliphatic carbocycles. The molecule has 2 aromatic rings. The van der Waals surface area contributed by atoms with E-state index in [9.17, 15) is 9.18 Å². The van der Waals surface area contributed by atoms with Gasteiger partial charge in [-0.1, -0.05) is 6.07 Å². The van der Waals surface area contributed by atoms with Gasteiger partial charge >= 0.3 is 0 Å². The van der Waals surface area contributed by atoms with Crippen LogP contribution in [0.1, 0.15) is 11.3 Å². The van der Waals surface area contributed by atoms with E-state index in [1.165, 1.54) is 10.7 Å². The maximum atomic E-state index is 13.1. The van der Waals surface area contributed by atoms with Crippen molar-refractivity contribution in [2.45, 2.75) is 13.8 Å². The van der Waals surface area contributed by atoms with Crippen molar-refractivity contribution in [2.24, 2.45) is 7.05 Å². The third kappa shape index (κ3) is 1.56. The predicted molar refractivity (Wildman–Crippen MR) is 60.9 cm³/mol. The van der Waals surface area contributed by atoms with E-state index in [-0.39, 0.29) is 11.4 Å². The number of hydrogen-bond acceptors (Lipinski definition) is 1. The molecule has 0 bridgehead atoms. The molecule has 84 valence electrons. The van der Waals surface area contributed by atoms with Crippen LogP contribution in [0.15, 0.2) is 23.0 Å². The highest BCUT2D eigenvalue weighted by molar-refractivity contribution is 5.65. The van der Waals surface area contributed by atoms with Crippen LogP contribution in [0.3, 0.4) is 0 Å². The summed E-state index contributed by atoms with van der Waals surface area (Å²) in [5, 5.41) is 2.92. The molecule has 0 aliphatic rings. The zero-order chi connectivity index (χ0) is 11.9. The molecule has 3 nitrogen and oxygen atoms in total. The maximum absolute atomic E-state index is 13.1. The molecule has 1 heterocycles. The number of aromatic amines is 1. The molecular weight excluding hydrogens is 207 g/mol. The van der Waals surface area contributed by atoms with Gasteiger partial charge in [-0.15, -0.1) is 0 Å². The van der Waals surface area contributed by atoms with E-state index in [4.69, 9.17) is 0 Å². The van der Waals surface area contributed by atoms with E-state index in [0.717, 1.165) is 11.3 Å². The Labute approximate surface area is 92.5 Å². The van der Waals surface area contributed by atoms with Crippen LogP contribution >= 0.6 is 0 Å². The van der Waals surface area contributed by atoms with Crippen molar-refractivity contribution < 1.29 is 4.39 Å². The van der Waals surface area contributed by atoms with Crippen LogP contribution < -0.4 is 5.56 Å². The fraction of sp³-hybridized carbons (Fsp3) is 0.250. The van der Waals surface area contributed by atoms with Gasteiger partial charge < -0.3 is 0 Å². The lowest BCUT2D eigenvalue weighted by Gasteiger charge is -2.01. The largest absolute Gasteiger partial charge is 0.300 e. The molecule has 0 fully saturated rings. The number of hydrogen-bond donors (Lipinski definition) is 1. The Morgan fingerprint density at radius 2 is 2.00 bits per heavy atom. The van der Waals surface area contributed by atoms with E-state index in [1.807, 2.05) is 6.92 Å². The number of rotatable bonds is 1. The molecule has 4 heteroatoms. The number of halogens is 1. The molecule has 0 aliphatic heterocycles. The van der Waals surface area contributed by atoms with Gasteiger partial charge in [0.05, 0.1) is 5.56 Å². The molecule has 0 radical (unpaired) electrons. The Hall–Kier alpha value is -1.84. The van der Waals surface area contributed by atoms with Crippen molar-refractivity contribution in [3.63, 3.8) is 0 Å². The summed E-state index contributed by atoms with van der Waals surface area (Å²) >= 11 is 0. The first kappa shape index (κ1) is 10.7. The number of nitrogens with one attached hydrogen (secondary N) is 1. The second kappa shape index (κ2) is 3.63. The second-order valence-corrected chi connectivity index (χ2v) is 3.94. The van der Waals surface area contributed by atoms with E-state index >= 15 is 0 Å². The lowest BCUT2D eigenvalue weighted by molar-refractivity contribution is 0.619. The van der Waals surface area contributed by atoms with Crippen LogP contribution in [-0.2, 0) is 7.05 Å². The minimum absolute atomic E-state index is 0.0940. The Morgan fingerprint density at radius 3 is 2.50 bits per heavy atom. The highest BCUT2D eigenvalue weighted by Crippen LogP contribution is 2.20. The van der Waals surface area contributed by atoms with Crippen molar-refractivity contribution in [3.8, 4) is 11.1 Å². The van der Waals surface area contributed by atoms with Gasteiger partial charge in [0.2, 0.25) is 0 Å². The van der Waals surface area contributed by atoms with Gasteiger partial charge in [-0.3, -0.25) is 14.6 Å². The summed E-state index contributed by atoms with van der Waals surface area (Å²) in [7, 11) is 1.66. The monoisotopic (exact) mass is 220 g/mol. The summed E-state index contributed by atoms with van der Waals surface area (Å²) in [5.74, 6) is -0.256. The fourth-order valence-corrected chi connectivity index (χ4v) is 1.83. The summed E-state index contributed by atoms with van der Waals surface area (Å²) in [5.41, 5.74) is 2.59. The van der Waals surface area contributed by atoms with Gasteiger partial charge in [0.15, 0.2) is 0 Å². The van der Waals surface area contributed by atoms with Crippen LogP contribution in [0.2, 0.25) is 0 Å². The Kier molecular flexibility index (Phi) is 2.42.